The molecule has 2 heterocycles. The highest BCUT2D eigenvalue weighted by Gasteiger charge is 2.20. The second-order valence-corrected chi connectivity index (χ2v) is 5.78. The third-order valence-corrected chi connectivity index (χ3v) is 4.53. The van der Waals surface area contributed by atoms with Crippen LogP contribution in [0.3, 0.4) is 0 Å². The number of nitrogens with two attached hydrogens (primary N) is 1. The maximum absolute atomic E-state index is 13.2. The maximum Gasteiger partial charge on any atom is 0.129 e. The highest BCUT2D eigenvalue weighted by molar-refractivity contribution is 7.13. The lowest BCUT2D eigenvalue weighted by Crippen LogP contribution is -1.97. The SMILES string of the molecule is CCc1ccsc1-c1nn(C)c(N)c1-c1ccc(F)cc1. The van der Waals surface area contributed by atoms with Crippen LogP contribution in [0.2, 0.25) is 0 Å². The molecule has 0 fully saturated rings. The van der Waals surface area contributed by atoms with Crippen LogP contribution in [0.4, 0.5) is 10.2 Å². The molecule has 21 heavy (non-hydrogen) atoms. The molecule has 5 heteroatoms. The fraction of sp³-hybridized carbons (Fsp3) is 0.188. The zero-order chi connectivity index (χ0) is 15.0. The molecule has 0 unspecified atom stereocenters. The smallest absolute Gasteiger partial charge is 0.129 e. The van der Waals surface area contributed by atoms with E-state index in [0.29, 0.717) is 5.82 Å². The Morgan fingerprint density at radius 3 is 2.62 bits per heavy atom. The number of anilines is 1. The Morgan fingerprint density at radius 1 is 1.24 bits per heavy atom. The lowest BCUT2D eigenvalue weighted by atomic mass is 10.0. The molecule has 0 atom stereocenters. The van der Waals surface area contributed by atoms with Gasteiger partial charge < -0.3 is 5.73 Å². The summed E-state index contributed by atoms with van der Waals surface area (Å²) in [5.74, 6) is 0.334. The molecular formula is C16H16FN3S. The Balaban J connectivity index is 2.23. The van der Waals surface area contributed by atoms with Gasteiger partial charge in [0.15, 0.2) is 0 Å². The average Bonchev–Trinajstić information content (AvgIpc) is 3.06. The quantitative estimate of drug-likeness (QED) is 0.791. The van der Waals surface area contributed by atoms with Crippen molar-refractivity contribution in [1.82, 2.24) is 9.78 Å². The molecule has 0 aliphatic heterocycles. The lowest BCUT2D eigenvalue weighted by molar-refractivity contribution is 0.628. The van der Waals surface area contributed by atoms with Crippen molar-refractivity contribution in [3.05, 3.63) is 47.1 Å². The molecule has 108 valence electrons. The van der Waals surface area contributed by atoms with Gasteiger partial charge in [0, 0.05) is 7.05 Å². The number of aromatic nitrogens is 2. The minimum Gasteiger partial charge on any atom is -0.383 e. The van der Waals surface area contributed by atoms with Crippen molar-refractivity contribution < 1.29 is 4.39 Å². The third-order valence-electron chi connectivity index (χ3n) is 3.57. The van der Waals surface area contributed by atoms with Crippen LogP contribution >= 0.6 is 11.3 Å². The zero-order valence-electron chi connectivity index (χ0n) is 11.9. The van der Waals surface area contributed by atoms with Gasteiger partial charge in [-0.25, -0.2) is 4.39 Å². The molecule has 2 aromatic heterocycles. The molecule has 0 bridgehead atoms. The summed E-state index contributed by atoms with van der Waals surface area (Å²) < 4.78 is 14.8. The zero-order valence-corrected chi connectivity index (χ0v) is 12.7. The molecule has 0 saturated heterocycles. The summed E-state index contributed by atoms with van der Waals surface area (Å²) in [5.41, 5.74) is 10.1. The normalized spacial score (nSPS) is 11.0. The van der Waals surface area contributed by atoms with Crippen molar-refractivity contribution in [3.8, 4) is 21.7 Å². The van der Waals surface area contributed by atoms with Crippen molar-refractivity contribution in [2.45, 2.75) is 13.3 Å². The standard InChI is InChI=1S/C16H16FN3S/c1-3-10-8-9-21-15(10)14-13(16(18)20(2)19-14)11-4-6-12(17)7-5-11/h4-9H,3,18H2,1-2H3. The first-order valence-corrected chi connectivity index (χ1v) is 7.65. The van der Waals surface area contributed by atoms with Crippen molar-refractivity contribution in [2.75, 3.05) is 5.73 Å². The molecule has 0 aliphatic rings. The lowest BCUT2D eigenvalue weighted by Gasteiger charge is -2.04. The van der Waals surface area contributed by atoms with Gasteiger partial charge >= 0.3 is 0 Å². The predicted octanol–water partition coefficient (Wildman–Crippen LogP) is 4.10. The predicted molar refractivity (Wildman–Crippen MR) is 85.7 cm³/mol. The van der Waals surface area contributed by atoms with Crippen molar-refractivity contribution in [2.24, 2.45) is 7.05 Å². The number of rotatable bonds is 3. The Kier molecular flexibility index (Phi) is 3.51. The number of hydrogen-bond donors (Lipinski definition) is 1. The van der Waals surface area contributed by atoms with Gasteiger partial charge in [-0.2, -0.15) is 5.10 Å². The van der Waals surface area contributed by atoms with Crippen LogP contribution in [0.15, 0.2) is 35.7 Å². The van der Waals surface area contributed by atoms with Crippen LogP contribution in [0, 0.1) is 5.82 Å². The van der Waals surface area contributed by atoms with Crippen LogP contribution in [0.25, 0.3) is 21.7 Å². The number of hydrogen-bond acceptors (Lipinski definition) is 3. The molecule has 0 amide bonds. The summed E-state index contributed by atoms with van der Waals surface area (Å²) in [7, 11) is 1.82. The molecule has 0 saturated carbocycles. The Labute approximate surface area is 126 Å². The summed E-state index contributed by atoms with van der Waals surface area (Å²) in [6.07, 6.45) is 0.943. The number of nitrogens with zero attached hydrogens (tertiary/aromatic N) is 2. The summed E-state index contributed by atoms with van der Waals surface area (Å²) in [5, 5.41) is 6.63. The van der Waals surface area contributed by atoms with Crippen LogP contribution in [0.1, 0.15) is 12.5 Å². The summed E-state index contributed by atoms with van der Waals surface area (Å²) in [4.78, 5) is 1.13. The van der Waals surface area contributed by atoms with Crippen LogP contribution in [-0.2, 0) is 13.5 Å². The minimum absolute atomic E-state index is 0.256. The first kappa shape index (κ1) is 13.8. The summed E-state index contributed by atoms with van der Waals surface area (Å²) in [6.45, 7) is 2.12. The van der Waals surface area contributed by atoms with E-state index in [9.17, 15) is 4.39 Å². The monoisotopic (exact) mass is 301 g/mol. The van der Waals surface area contributed by atoms with E-state index in [-0.39, 0.29) is 5.82 Å². The van der Waals surface area contributed by atoms with E-state index in [2.05, 4.69) is 23.5 Å². The van der Waals surface area contributed by atoms with Crippen molar-refractivity contribution in [1.29, 1.82) is 0 Å². The molecule has 3 nitrogen and oxygen atoms in total. The van der Waals surface area contributed by atoms with Gasteiger partial charge in [-0.3, -0.25) is 4.68 Å². The van der Waals surface area contributed by atoms with E-state index < -0.39 is 0 Å². The Morgan fingerprint density at radius 2 is 1.95 bits per heavy atom. The average molecular weight is 301 g/mol. The molecule has 0 aliphatic carbocycles. The Bertz CT molecular complexity index is 771. The molecular weight excluding hydrogens is 285 g/mol. The van der Waals surface area contributed by atoms with Gasteiger partial charge in [0.25, 0.3) is 0 Å². The van der Waals surface area contributed by atoms with Crippen LogP contribution in [-0.4, -0.2) is 9.78 Å². The number of halogens is 1. The molecule has 0 radical (unpaired) electrons. The summed E-state index contributed by atoms with van der Waals surface area (Å²) >= 11 is 1.66. The number of thiophene rings is 1. The van der Waals surface area contributed by atoms with E-state index in [0.717, 1.165) is 28.1 Å². The van der Waals surface area contributed by atoms with Gasteiger partial charge in [0.2, 0.25) is 0 Å². The highest BCUT2D eigenvalue weighted by atomic mass is 32.1. The molecule has 3 rings (SSSR count). The second kappa shape index (κ2) is 5.33. The highest BCUT2D eigenvalue weighted by Crippen LogP contribution is 2.39. The van der Waals surface area contributed by atoms with Crippen LogP contribution < -0.4 is 5.73 Å². The van der Waals surface area contributed by atoms with E-state index >= 15 is 0 Å². The van der Waals surface area contributed by atoms with Gasteiger partial charge in [-0.15, -0.1) is 11.3 Å². The van der Waals surface area contributed by atoms with E-state index in [4.69, 9.17) is 5.73 Å². The number of nitrogen functional groups attached to an aromatic ring is 1. The van der Waals surface area contributed by atoms with Gasteiger partial charge in [-0.05, 0) is 41.1 Å². The molecule has 2 N–H and O–H groups in total. The van der Waals surface area contributed by atoms with Crippen LogP contribution in [0.5, 0.6) is 0 Å². The number of benzene rings is 1. The minimum atomic E-state index is -0.256. The van der Waals surface area contributed by atoms with Crippen molar-refractivity contribution in [3.63, 3.8) is 0 Å². The summed E-state index contributed by atoms with van der Waals surface area (Å²) in [6, 6.07) is 8.48. The van der Waals surface area contributed by atoms with Gasteiger partial charge in [0.1, 0.15) is 17.3 Å². The van der Waals surface area contributed by atoms with E-state index in [1.807, 2.05) is 7.05 Å². The first-order valence-electron chi connectivity index (χ1n) is 6.77. The van der Waals surface area contributed by atoms with Crippen molar-refractivity contribution >= 4 is 17.2 Å². The van der Waals surface area contributed by atoms with Gasteiger partial charge in [-0.1, -0.05) is 19.1 Å². The van der Waals surface area contributed by atoms with E-state index in [1.165, 1.54) is 17.7 Å². The largest absolute Gasteiger partial charge is 0.383 e. The fourth-order valence-corrected chi connectivity index (χ4v) is 3.41. The second-order valence-electron chi connectivity index (χ2n) is 4.87. The topological polar surface area (TPSA) is 43.8 Å². The third kappa shape index (κ3) is 2.34. The van der Waals surface area contributed by atoms with Gasteiger partial charge in [0.05, 0.1) is 10.4 Å². The first-order chi connectivity index (χ1) is 10.1. The fourth-order valence-electron chi connectivity index (χ4n) is 2.42. The maximum atomic E-state index is 13.2. The Hall–Kier alpha value is -2.14. The number of aryl methyl sites for hydroxylation is 2. The van der Waals surface area contributed by atoms with E-state index in [1.54, 1.807) is 28.2 Å². The molecule has 3 aromatic rings. The molecule has 0 spiro atoms. The molecule has 1 aromatic carbocycles.